The molecule has 0 spiro atoms. The van der Waals surface area contributed by atoms with E-state index in [1.807, 2.05) is 0 Å². The first kappa shape index (κ1) is 19.5. The van der Waals surface area contributed by atoms with Crippen LogP contribution in [0.15, 0.2) is 36.0 Å². The van der Waals surface area contributed by atoms with Gasteiger partial charge in [-0.25, -0.2) is 23.1 Å². The van der Waals surface area contributed by atoms with Crippen molar-refractivity contribution in [1.82, 2.24) is 19.8 Å². The molecule has 3 heterocycles. The maximum absolute atomic E-state index is 12.8. The number of benzene rings is 1. The summed E-state index contributed by atoms with van der Waals surface area (Å²) in [4.78, 5) is 28.9. The first-order chi connectivity index (χ1) is 13.8. The second-order valence-corrected chi connectivity index (χ2v) is 9.46. The van der Waals surface area contributed by atoms with Crippen molar-refractivity contribution in [3.63, 3.8) is 0 Å². The fraction of sp³-hybridized carbons (Fsp3) is 0.353. The van der Waals surface area contributed by atoms with E-state index < -0.39 is 21.8 Å². The van der Waals surface area contributed by atoms with Crippen molar-refractivity contribution in [2.24, 2.45) is 5.10 Å². The number of hydrazone groups is 1. The van der Waals surface area contributed by atoms with Gasteiger partial charge in [0.1, 0.15) is 18.4 Å². The number of nitrogens with zero attached hydrogens (tertiary/aromatic N) is 5. The molecule has 29 heavy (non-hydrogen) atoms. The number of carbonyl (C=O) groups excluding carboxylic acids is 2. The van der Waals surface area contributed by atoms with Gasteiger partial charge in [0.05, 0.1) is 28.9 Å². The van der Waals surface area contributed by atoms with E-state index in [1.54, 1.807) is 18.2 Å². The van der Waals surface area contributed by atoms with Crippen LogP contribution in [0.4, 0.5) is 5.69 Å². The van der Waals surface area contributed by atoms with Crippen LogP contribution in [0.5, 0.6) is 0 Å². The minimum Gasteiger partial charge on any atom is -0.319 e. The predicted molar refractivity (Wildman–Crippen MR) is 106 cm³/mol. The molecule has 4 rings (SSSR count). The lowest BCUT2D eigenvalue weighted by molar-refractivity contribution is -0.133. The van der Waals surface area contributed by atoms with Crippen LogP contribution >= 0.6 is 11.6 Å². The molecule has 2 aromatic rings. The second-order valence-electron chi connectivity index (χ2n) is 6.80. The minimum absolute atomic E-state index is 0.0161. The van der Waals surface area contributed by atoms with E-state index in [1.165, 1.54) is 17.3 Å². The number of halogens is 1. The van der Waals surface area contributed by atoms with Crippen LogP contribution in [0, 0.1) is 0 Å². The molecule has 0 aliphatic carbocycles. The number of hydrogen-bond donors (Lipinski definition) is 1. The number of rotatable bonds is 4. The molecule has 1 aromatic heterocycles. The van der Waals surface area contributed by atoms with Crippen molar-refractivity contribution in [2.45, 2.75) is 25.3 Å². The van der Waals surface area contributed by atoms with Crippen LogP contribution in [-0.4, -0.2) is 63.3 Å². The molecule has 0 saturated carbocycles. The lowest BCUT2D eigenvalue weighted by Crippen LogP contribution is -2.42. The van der Waals surface area contributed by atoms with Crippen molar-refractivity contribution in [2.75, 3.05) is 16.8 Å². The number of carbonyl (C=O) groups is 2. The summed E-state index contributed by atoms with van der Waals surface area (Å²) in [6.45, 7) is 0. The monoisotopic (exact) mass is 436 g/mol. The molecule has 2 amide bonds. The highest BCUT2D eigenvalue weighted by Crippen LogP contribution is 2.25. The maximum atomic E-state index is 12.8. The van der Waals surface area contributed by atoms with Crippen LogP contribution in [0.2, 0.25) is 5.02 Å². The summed E-state index contributed by atoms with van der Waals surface area (Å²) in [6, 6.07) is 4.39. The van der Waals surface area contributed by atoms with E-state index in [2.05, 4.69) is 20.5 Å². The Labute approximate surface area is 171 Å². The number of hydrogen-bond acceptors (Lipinski definition) is 7. The Morgan fingerprint density at radius 2 is 2.10 bits per heavy atom. The number of anilines is 1. The van der Waals surface area contributed by atoms with Gasteiger partial charge in [0, 0.05) is 17.9 Å². The van der Waals surface area contributed by atoms with Crippen LogP contribution in [0.3, 0.4) is 0 Å². The van der Waals surface area contributed by atoms with Crippen molar-refractivity contribution in [3.05, 3.63) is 35.9 Å². The van der Waals surface area contributed by atoms with E-state index in [0.717, 1.165) is 5.01 Å². The van der Waals surface area contributed by atoms with Gasteiger partial charge >= 0.3 is 0 Å². The van der Waals surface area contributed by atoms with E-state index in [4.69, 9.17) is 11.6 Å². The molecule has 1 fully saturated rings. The fourth-order valence-corrected chi connectivity index (χ4v) is 5.19. The Balaban J connectivity index is 1.58. The standard InChI is InChI=1S/C17H17ClN6O4S/c18-11-1-3-15(23-10-19-9-20-23)14(7-11)21-17(26)13-2-4-16(25)24(22-13)12-5-6-29(27,28)8-12/h1,3,7,9-10,12H,2,4-6,8H2,(H,21,26). The molecular formula is C17H17ClN6O4S. The minimum atomic E-state index is -3.18. The van der Waals surface area contributed by atoms with Gasteiger partial charge in [0.15, 0.2) is 9.84 Å². The number of sulfone groups is 1. The average molecular weight is 437 g/mol. The van der Waals surface area contributed by atoms with Crippen molar-refractivity contribution < 1.29 is 18.0 Å². The van der Waals surface area contributed by atoms with E-state index in [0.29, 0.717) is 22.8 Å². The number of amides is 2. The zero-order chi connectivity index (χ0) is 20.6. The van der Waals surface area contributed by atoms with Gasteiger partial charge in [-0.2, -0.15) is 10.2 Å². The number of aromatic nitrogens is 3. The molecule has 12 heteroatoms. The summed E-state index contributed by atoms with van der Waals surface area (Å²) in [5.74, 6) is -0.897. The average Bonchev–Trinajstić information content (AvgIpc) is 3.32. The maximum Gasteiger partial charge on any atom is 0.271 e. The highest BCUT2D eigenvalue weighted by atomic mass is 35.5. The molecule has 1 atom stereocenters. The molecular weight excluding hydrogens is 420 g/mol. The summed E-state index contributed by atoms with van der Waals surface area (Å²) >= 11 is 6.07. The fourth-order valence-electron chi connectivity index (χ4n) is 3.32. The highest BCUT2D eigenvalue weighted by Gasteiger charge is 2.37. The SMILES string of the molecule is O=C(Nc1cc(Cl)ccc1-n1cncn1)C1=NN(C2CCS(=O)(=O)C2)C(=O)CC1. The zero-order valence-corrected chi connectivity index (χ0v) is 16.7. The van der Waals surface area contributed by atoms with E-state index in [9.17, 15) is 18.0 Å². The van der Waals surface area contributed by atoms with Crippen molar-refractivity contribution in [3.8, 4) is 5.69 Å². The second kappa shape index (κ2) is 7.56. The Hall–Kier alpha value is -2.79. The lowest BCUT2D eigenvalue weighted by Gasteiger charge is -2.27. The Bertz CT molecular complexity index is 1100. The third-order valence-corrected chi connectivity index (χ3v) is 6.73. The van der Waals surface area contributed by atoms with Gasteiger partial charge in [0.25, 0.3) is 5.91 Å². The first-order valence-corrected chi connectivity index (χ1v) is 11.1. The van der Waals surface area contributed by atoms with E-state index >= 15 is 0 Å². The molecule has 1 N–H and O–H groups in total. The molecule has 0 bridgehead atoms. The quantitative estimate of drug-likeness (QED) is 0.762. The zero-order valence-electron chi connectivity index (χ0n) is 15.2. The Morgan fingerprint density at radius 3 is 2.79 bits per heavy atom. The summed E-state index contributed by atoms with van der Waals surface area (Å²) in [5.41, 5.74) is 1.12. The van der Waals surface area contributed by atoms with Crippen LogP contribution in [-0.2, 0) is 19.4 Å². The summed E-state index contributed by atoms with van der Waals surface area (Å²) in [5, 5.41) is 12.6. The predicted octanol–water partition coefficient (Wildman–Crippen LogP) is 1.02. The molecule has 10 nitrogen and oxygen atoms in total. The van der Waals surface area contributed by atoms with Gasteiger partial charge in [-0.1, -0.05) is 11.6 Å². The van der Waals surface area contributed by atoms with Crippen LogP contribution < -0.4 is 5.32 Å². The van der Waals surface area contributed by atoms with Gasteiger partial charge in [-0.15, -0.1) is 0 Å². The van der Waals surface area contributed by atoms with Crippen LogP contribution in [0.1, 0.15) is 19.3 Å². The highest BCUT2D eigenvalue weighted by molar-refractivity contribution is 7.91. The van der Waals surface area contributed by atoms with E-state index in [-0.39, 0.29) is 36.0 Å². The summed E-state index contributed by atoms with van der Waals surface area (Å²) in [6.07, 6.45) is 3.42. The van der Waals surface area contributed by atoms with Crippen molar-refractivity contribution in [1.29, 1.82) is 0 Å². The van der Waals surface area contributed by atoms with Gasteiger partial charge in [-0.05, 0) is 24.6 Å². The Morgan fingerprint density at radius 1 is 1.28 bits per heavy atom. The molecule has 0 radical (unpaired) electrons. The lowest BCUT2D eigenvalue weighted by atomic mass is 10.1. The largest absolute Gasteiger partial charge is 0.319 e. The Kier molecular flexibility index (Phi) is 5.09. The first-order valence-electron chi connectivity index (χ1n) is 8.88. The van der Waals surface area contributed by atoms with Crippen LogP contribution in [0.25, 0.3) is 5.69 Å². The molecule has 1 unspecified atom stereocenters. The topological polar surface area (TPSA) is 127 Å². The molecule has 1 saturated heterocycles. The molecule has 2 aliphatic heterocycles. The number of nitrogens with one attached hydrogen (secondary N) is 1. The van der Waals surface area contributed by atoms with Crippen molar-refractivity contribution >= 4 is 44.7 Å². The normalized spacial score (nSPS) is 21.1. The molecule has 152 valence electrons. The van der Waals surface area contributed by atoms with Gasteiger partial charge < -0.3 is 5.32 Å². The van der Waals surface area contributed by atoms with Gasteiger partial charge in [0.2, 0.25) is 5.91 Å². The molecule has 2 aliphatic rings. The summed E-state index contributed by atoms with van der Waals surface area (Å²) in [7, 11) is -3.18. The third-order valence-electron chi connectivity index (χ3n) is 4.75. The summed E-state index contributed by atoms with van der Waals surface area (Å²) < 4.78 is 25.0. The smallest absolute Gasteiger partial charge is 0.271 e. The van der Waals surface area contributed by atoms with Gasteiger partial charge in [-0.3, -0.25) is 9.59 Å². The third kappa shape index (κ3) is 4.15. The molecule has 1 aromatic carbocycles.